The number of hydrogen-bond acceptors (Lipinski definition) is 6. The molecule has 0 unspecified atom stereocenters. The highest BCUT2D eigenvalue weighted by molar-refractivity contribution is 5.75. The second-order valence-electron chi connectivity index (χ2n) is 7.02. The number of piperazine rings is 1. The number of anilines is 1. The van der Waals surface area contributed by atoms with E-state index >= 15 is 0 Å². The van der Waals surface area contributed by atoms with Crippen LogP contribution in [0.25, 0.3) is 11.7 Å². The minimum atomic E-state index is 0.0101. The number of urea groups is 1. The highest BCUT2D eigenvalue weighted by atomic mass is 16.4. The number of nitrogens with zero attached hydrogens (tertiary/aromatic N) is 4. The number of aromatic nitrogens is 1. The van der Waals surface area contributed by atoms with Crippen LogP contribution in [0.4, 0.5) is 10.7 Å². The predicted octanol–water partition coefficient (Wildman–Crippen LogP) is 2.97. The third-order valence-corrected chi connectivity index (χ3v) is 5.23. The van der Waals surface area contributed by atoms with Crippen LogP contribution in [0.2, 0.25) is 0 Å². The van der Waals surface area contributed by atoms with Gasteiger partial charge in [0.15, 0.2) is 5.76 Å². The van der Waals surface area contributed by atoms with Crippen LogP contribution in [0.15, 0.2) is 27.2 Å². The van der Waals surface area contributed by atoms with Crippen LogP contribution in [0.1, 0.15) is 37.8 Å². The van der Waals surface area contributed by atoms with E-state index in [2.05, 4.69) is 16.4 Å². The predicted molar refractivity (Wildman–Crippen MR) is 98.1 cm³/mol. The van der Waals surface area contributed by atoms with Gasteiger partial charge in [0.1, 0.15) is 6.07 Å². The van der Waals surface area contributed by atoms with Crippen molar-refractivity contribution in [3.05, 3.63) is 24.1 Å². The molecule has 142 valence electrons. The highest BCUT2D eigenvalue weighted by Crippen LogP contribution is 2.29. The fourth-order valence-electron chi connectivity index (χ4n) is 3.73. The van der Waals surface area contributed by atoms with E-state index < -0.39 is 0 Å². The van der Waals surface area contributed by atoms with Crippen molar-refractivity contribution in [2.45, 2.75) is 38.1 Å². The van der Waals surface area contributed by atoms with E-state index in [0.29, 0.717) is 49.8 Å². The summed E-state index contributed by atoms with van der Waals surface area (Å²) in [4.78, 5) is 20.5. The first-order valence-corrected chi connectivity index (χ1v) is 9.50. The van der Waals surface area contributed by atoms with Crippen molar-refractivity contribution in [1.29, 1.82) is 5.26 Å². The lowest BCUT2D eigenvalue weighted by molar-refractivity contribution is 0.186. The van der Waals surface area contributed by atoms with Crippen molar-refractivity contribution >= 4 is 11.9 Å². The zero-order valence-corrected chi connectivity index (χ0v) is 15.2. The van der Waals surface area contributed by atoms with Crippen LogP contribution in [0.3, 0.4) is 0 Å². The molecule has 0 spiro atoms. The molecule has 3 heterocycles. The zero-order valence-electron chi connectivity index (χ0n) is 15.2. The molecule has 0 radical (unpaired) electrons. The number of rotatable bonds is 3. The Balaban J connectivity index is 1.38. The van der Waals surface area contributed by atoms with E-state index in [4.69, 9.17) is 8.83 Å². The number of furan rings is 1. The van der Waals surface area contributed by atoms with Gasteiger partial charge in [-0.25, -0.2) is 4.79 Å². The Morgan fingerprint density at radius 1 is 1.22 bits per heavy atom. The summed E-state index contributed by atoms with van der Waals surface area (Å²) < 4.78 is 11.1. The van der Waals surface area contributed by atoms with E-state index in [1.165, 1.54) is 25.5 Å². The van der Waals surface area contributed by atoms with Crippen LogP contribution in [0, 0.1) is 11.3 Å². The van der Waals surface area contributed by atoms with Gasteiger partial charge >= 0.3 is 6.03 Å². The maximum atomic E-state index is 12.5. The van der Waals surface area contributed by atoms with Gasteiger partial charge in [0.2, 0.25) is 11.6 Å². The minimum absolute atomic E-state index is 0.0101. The molecule has 1 N–H and O–H groups in total. The van der Waals surface area contributed by atoms with Crippen molar-refractivity contribution in [3.8, 4) is 17.7 Å². The molecule has 8 nitrogen and oxygen atoms in total. The number of nitriles is 1. The van der Waals surface area contributed by atoms with Crippen LogP contribution in [0.5, 0.6) is 0 Å². The third kappa shape index (κ3) is 3.77. The molecule has 8 heteroatoms. The van der Waals surface area contributed by atoms with Crippen LogP contribution >= 0.6 is 0 Å². The molecule has 1 aliphatic carbocycles. The van der Waals surface area contributed by atoms with Crippen molar-refractivity contribution in [2.24, 2.45) is 0 Å². The number of hydrogen-bond donors (Lipinski definition) is 1. The Morgan fingerprint density at radius 3 is 2.67 bits per heavy atom. The molecule has 0 atom stereocenters. The summed E-state index contributed by atoms with van der Waals surface area (Å²) in [6, 6.07) is 5.88. The molecule has 0 aromatic carbocycles. The average Bonchev–Trinajstić information content (AvgIpc) is 3.38. The van der Waals surface area contributed by atoms with Crippen molar-refractivity contribution in [3.63, 3.8) is 0 Å². The summed E-state index contributed by atoms with van der Waals surface area (Å²) in [5.41, 5.74) is 0.238. The van der Waals surface area contributed by atoms with E-state index in [-0.39, 0.29) is 11.7 Å². The van der Waals surface area contributed by atoms with Crippen molar-refractivity contribution in [2.75, 3.05) is 31.1 Å². The third-order valence-electron chi connectivity index (χ3n) is 5.23. The Bertz CT molecular complexity index is 809. The van der Waals surface area contributed by atoms with Gasteiger partial charge in [0, 0.05) is 32.2 Å². The van der Waals surface area contributed by atoms with Gasteiger partial charge < -0.3 is 24.0 Å². The molecule has 1 saturated carbocycles. The lowest BCUT2D eigenvalue weighted by Gasteiger charge is -2.35. The fourth-order valence-corrected chi connectivity index (χ4v) is 3.73. The average molecular weight is 369 g/mol. The van der Waals surface area contributed by atoms with Gasteiger partial charge in [-0.05, 0) is 25.0 Å². The largest absolute Gasteiger partial charge is 0.459 e. The second kappa shape index (κ2) is 7.74. The maximum Gasteiger partial charge on any atom is 0.317 e. The molecule has 2 aliphatic rings. The lowest BCUT2D eigenvalue weighted by Crippen LogP contribution is -2.53. The summed E-state index contributed by atoms with van der Waals surface area (Å²) in [5, 5.41) is 12.5. The van der Waals surface area contributed by atoms with Gasteiger partial charge in [0.25, 0.3) is 5.89 Å². The Labute approximate surface area is 157 Å². The monoisotopic (exact) mass is 369 g/mol. The summed E-state index contributed by atoms with van der Waals surface area (Å²) >= 11 is 0. The first kappa shape index (κ1) is 17.5. The van der Waals surface area contributed by atoms with Crippen molar-refractivity contribution < 1.29 is 13.6 Å². The molecule has 1 aliphatic heterocycles. The normalized spacial score (nSPS) is 18.3. The van der Waals surface area contributed by atoms with Gasteiger partial charge in [-0.2, -0.15) is 10.2 Å². The molecule has 2 aromatic rings. The minimum Gasteiger partial charge on any atom is -0.459 e. The summed E-state index contributed by atoms with van der Waals surface area (Å²) in [6.45, 7) is 2.36. The molecule has 2 amide bonds. The topological polar surface area (TPSA) is 98.5 Å². The van der Waals surface area contributed by atoms with E-state index in [9.17, 15) is 10.1 Å². The Kier molecular flexibility index (Phi) is 5.01. The molecule has 4 rings (SSSR count). The number of carbonyl (C=O) groups excluding carboxylic acids is 1. The SMILES string of the molecule is N#Cc1nc(-c2ccco2)oc1N1CCN(C(=O)NC2CCCCC2)CC1. The first-order valence-electron chi connectivity index (χ1n) is 9.50. The van der Waals surface area contributed by atoms with Gasteiger partial charge in [-0.15, -0.1) is 0 Å². The molecule has 2 aromatic heterocycles. The smallest absolute Gasteiger partial charge is 0.317 e. The molecule has 2 fully saturated rings. The van der Waals surface area contributed by atoms with E-state index in [1.807, 2.05) is 9.80 Å². The first-order chi connectivity index (χ1) is 13.2. The van der Waals surface area contributed by atoms with Crippen LogP contribution < -0.4 is 10.2 Å². The molecule has 1 saturated heterocycles. The molecule has 27 heavy (non-hydrogen) atoms. The van der Waals surface area contributed by atoms with E-state index in [1.54, 1.807) is 12.1 Å². The number of amides is 2. The van der Waals surface area contributed by atoms with E-state index in [0.717, 1.165) is 12.8 Å². The van der Waals surface area contributed by atoms with Crippen LogP contribution in [-0.2, 0) is 0 Å². The Morgan fingerprint density at radius 2 is 2.00 bits per heavy atom. The maximum absolute atomic E-state index is 12.5. The fraction of sp³-hybridized carbons (Fsp3) is 0.526. The quantitative estimate of drug-likeness (QED) is 0.893. The number of nitrogens with one attached hydrogen (secondary N) is 1. The second-order valence-corrected chi connectivity index (χ2v) is 7.02. The van der Waals surface area contributed by atoms with Crippen molar-refractivity contribution in [1.82, 2.24) is 15.2 Å². The van der Waals surface area contributed by atoms with Crippen LogP contribution in [-0.4, -0.2) is 48.1 Å². The zero-order chi connectivity index (χ0) is 18.6. The summed E-state index contributed by atoms with van der Waals surface area (Å²) in [6.07, 6.45) is 7.34. The standard InChI is InChI=1S/C19H23N5O3/c20-13-15-18(27-17(22-15)16-7-4-12-26-16)23-8-10-24(11-9-23)19(25)21-14-5-2-1-3-6-14/h4,7,12,14H,1-3,5-6,8-11H2,(H,21,25). The number of carbonyl (C=O) groups is 1. The molecule has 0 bridgehead atoms. The Hall–Kier alpha value is -2.95. The highest BCUT2D eigenvalue weighted by Gasteiger charge is 2.28. The van der Waals surface area contributed by atoms with Gasteiger partial charge in [-0.1, -0.05) is 19.3 Å². The summed E-state index contributed by atoms with van der Waals surface area (Å²) in [5.74, 6) is 1.23. The van der Waals surface area contributed by atoms with Gasteiger partial charge in [0.05, 0.1) is 6.26 Å². The van der Waals surface area contributed by atoms with Gasteiger partial charge in [-0.3, -0.25) is 0 Å². The lowest BCUT2D eigenvalue weighted by atomic mass is 9.96. The molecular weight excluding hydrogens is 346 g/mol. The molecular formula is C19H23N5O3. The summed E-state index contributed by atoms with van der Waals surface area (Å²) in [7, 11) is 0. The number of oxazole rings is 1.